The molecule has 0 spiro atoms. The van der Waals surface area contributed by atoms with E-state index < -0.39 is 12.0 Å². The van der Waals surface area contributed by atoms with E-state index in [2.05, 4.69) is 5.32 Å². The van der Waals surface area contributed by atoms with E-state index >= 15 is 0 Å². The van der Waals surface area contributed by atoms with E-state index in [1.165, 1.54) is 6.92 Å². The van der Waals surface area contributed by atoms with Gasteiger partial charge in [0, 0.05) is 11.1 Å². The number of carbonyl (C=O) groups excluding carboxylic acids is 3. The summed E-state index contributed by atoms with van der Waals surface area (Å²) in [6, 6.07) is 12.8. The maximum Gasteiger partial charge on any atom is 0.334 e. The van der Waals surface area contributed by atoms with E-state index in [9.17, 15) is 14.4 Å². The van der Waals surface area contributed by atoms with Crippen molar-refractivity contribution in [3.05, 3.63) is 65.2 Å². The lowest BCUT2D eigenvalue weighted by Gasteiger charge is -2.20. The molecule has 0 unspecified atom stereocenters. The van der Waals surface area contributed by atoms with Gasteiger partial charge >= 0.3 is 5.97 Å². The Balaban J connectivity index is 2.12. The second-order valence-electron chi connectivity index (χ2n) is 6.97. The number of amides is 1. The van der Waals surface area contributed by atoms with Crippen LogP contribution in [0.3, 0.4) is 0 Å². The van der Waals surface area contributed by atoms with Crippen LogP contribution in [0.5, 0.6) is 5.75 Å². The summed E-state index contributed by atoms with van der Waals surface area (Å²) in [4.78, 5) is 36.5. The van der Waals surface area contributed by atoms with Crippen LogP contribution in [0.1, 0.15) is 53.5 Å². The summed E-state index contributed by atoms with van der Waals surface area (Å²) in [5.41, 5.74) is 1.91. The van der Waals surface area contributed by atoms with Gasteiger partial charge in [0.2, 0.25) is 0 Å². The number of hydrogen-bond donors (Lipinski definition) is 1. The number of nitrogens with one attached hydrogen (secondary N) is 1. The molecule has 2 aromatic rings. The van der Waals surface area contributed by atoms with Crippen LogP contribution in [0, 0.1) is 12.8 Å². The van der Waals surface area contributed by atoms with Crippen LogP contribution in [-0.2, 0) is 4.79 Å². The van der Waals surface area contributed by atoms with Gasteiger partial charge in [0.05, 0.1) is 0 Å². The zero-order valence-corrected chi connectivity index (χ0v) is 16.1. The quantitative estimate of drug-likeness (QED) is 0.457. The van der Waals surface area contributed by atoms with E-state index in [1.807, 2.05) is 32.9 Å². The van der Waals surface area contributed by atoms with E-state index in [0.717, 1.165) is 5.56 Å². The molecule has 2 aromatic carbocycles. The summed E-state index contributed by atoms with van der Waals surface area (Å²) in [6.07, 6.45) is 0.460. The Bertz CT molecular complexity index is 824. The molecule has 0 radical (unpaired) electrons. The number of carbonyl (C=O) groups is 3. The summed E-state index contributed by atoms with van der Waals surface area (Å²) in [5, 5.41) is 2.79. The summed E-state index contributed by atoms with van der Waals surface area (Å²) < 4.78 is 5.41. The minimum atomic E-state index is -0.760. The molecule has 0 heterocycles. The Hall–Kier alpha value is -2.95. The monoisotopic (exact) mass is 367 g/mol. The highest BCUT2D eigenvalue weighted by Gasteiger charge is 2.25. The van der Waals surface area contributed by atoms with Crippen LogP contribution < -0.4 is 10.1 Å². The molecule has 0 aliphatic heterocycles. The molecular weight excluding hydrogens is 342 g/mol. The lowest BCUT2D eigenvalue weighted by molar-refractivity contribution is -0.137. The lowest BCUT2D eigenvalue weighted by Crippen LogP contribution is -2.44. The van der Waals surface area contributed by atoms with E-state index in [-0.39, 0.29) is 17.6 Å². The fourth-order valence-electron chi connectivity index (χ4n) is 2.69. The molecule has 0 bridgehead atoms. The number of ketones is 1. The van der Waals surface area contributed by atoms with E-state index in [4.69, 9.17) is 4.74 Å². The van der Waals surface area contributed by atoms with Crippen molar-refractivity contribution in [2.24, 2.45) is 5.92 Å². The number of esters is 1. The van der Waals surface area contributed by atoms with Crippen LogP contribution in [0.4, 0.5) is 0 Å². The molecule has 5 nitrogen and oxygen atoms in total. The minimum Gasteiger partial charge on any atom is -0.425 e. The Morgan fingerprint density at radius 2 is 1.63 bits per heavy atom. The molecule has 1 atom stereocenters. The molecule has 0 saturated carbocycles. The van der Waals surface area contributed by atoms with Gasteiger partial charge in [0.15, 0.2) is 5.78 Å². The van der Waals surface area contributed by atoms with Gasteiger partial charge in [-0.05, 0) is 62.1 Å². The molecule has 0 aliphatic carbocycles. The molecule has 0 aromatic heterocycles. The maximum absolute atomic E-state index is 12.6. The van der Waals surface area contributed by atoms with Gasteiger partial charge in [-0.3, -0.25) is 9.59 Å². The number of aryl methyl sites for hydroxylation is 1. The highest BCUT2D eigenvalue weighted by molar-refractivity contribution is 5.98. The molecule has 2 rings (SSSR count). The van der Waals surface area contributed by atoms with Crippen molar-refractivity contribution in [1.29, 1.82) is 0 Å². The Labute approximate surface area is 159 Å². The first-order chi connectivity index (χ1) is 12.8. The Morgan fingerprint density at radius 3 is 2.19 bits per heavy atom. The average Bonchev–Trinajstić information content (AvgIpc) is 2.61. The molecule has 0 aliphatic rings. The van der Waals surface area contributed by atoms with Crippen LogP contribution in [0.25, 0.3) is 0 Å². The van der Waals surface area contributed by atoms with Gasteiger partial charge in [-0.2, -0.15) is 0 Å². The van der Waals surface area contributed by atoms with Crippen molar-refractivity contribution >= 4 is 17.7 Å². The predicted octanol–water partition coefficient (Wildman–Crippen LogP) is 3.95. The minimum absolute atomic E-state index is 0.0592. The first-order valence-electron chi connectivity index (χ1n) is 8.97. The highest BCUT2D eigenvalue weighted by atomic mass is 16.5. The molecule has 142 valence electrons. The number of benzene rings is 2. The fraction of sp³-hybridized carbons (Fsp3) is 0.318. The second-order valence-corrected chi connectivity index (χ2v) is 6.97. The standard InChI is InChI=1S/C22H25NO4/c1-14(2)13-20(23-21(25)19-8-6-5-7-15(19)3)22(26)27-18-11-9-17(10-12-18)16(4)24/h5-12,14,20H,13H2,1-4H3,(H,23,25)/t20-/m0/s1. The van der Waals surface area contributed by atoms with Gasteiger partial charge in [-0.25, -0.2) is 4.79 Å². The van der Waals surface area contributed by atoms with Crippen molar-refractivity contribution in [2.45, 2.75) is 40.2 Å². The van der Waals surface area contributed by atoms with Gasteiger partial charge in [0.1, 0.15) is 11.8 Å². The number of rotatable bonds is 7. The van der Waals surface area contributed by atoms with Crippen molar-refractivity contribution in [3.8, 4) is 5.75 Å². The predicted molar refractivity (Wildman–Crippen MR) is 104 cm³/mol. The number of hydrogen-bond acceptors (Lipinski definition) is 4. The summed E-state index contributed by atoms with van der Waals surface area (Å²) in [6.45, 7) is 7.27. The fourth-order valence-corrected chi connectivity index (χ4v) is 2.69. The summed E-state index contributed by atoms with van der Waals surface area (Å²) in [7, 11) is 0. The van der Waals surface area contributed by atoms with Gasteiger partial charge in [-0.15, -0.1) is 0 Å². The van der Waals surface area contributed by atoms with Crippen molar-refractivity contribution in [1.82, 2.24) is 5.32 Å². The molecule has 5 heteroatoms. The van der Waals surface area contributed by atoms with E-state index in [1.54, 1.807) is 36.4 Å². The number of Topliss-reactive ketones (excluding diaryl/α,β-unsaturated/α-hetero) is 1. The van der Waals surface area contributed by atoms with Crippen LogP contribution in [-0.4, -0.2) is 23.7 Å². The highest BCUT2D eigenvalue weighted by Crippen LogP contribution is 2.16. The normalized spacial score (nSPS) is 11.7. The third-order valence-electron chi connectivity index (χ3n) is 4.17. The van der Waals surface area contributed by atoms with Crippen molar-refractivity contribution < 1.29 is 19.1 Å². The molecule has 1 N–H and O–H groups in total. The van der Waals surface area contributed by atoms with Crippen LogP contribution in [0.15, 0.2) is 48.5 Å². The third-order valence-corrected chi connectivity index (χ3v) is 4.17. The van der Waals surface area contributed by atoms with Gasteiger partial charge in [0.25, 0.3) is 5.91 Å². The third kappa shape index (κ3) is 5.78. The largest absolute Gasteiger partial charge is 0.425 e. The lowest BCUT2D eigenvalue weighted by atomic mass is 10.0. The summed E-state index contributed by atoms with van der Waals surface area (Å²) >= 11 is 0. The van der Waals surface area contributed by atoms with Crippen LogP contribution >= 0.6 is 0 Å². The molecule has 27 heavy (non-hydrogen) atoms. The zero-order valence-electron chi connectivity index (χ0n) is 16.1. The zero-order chi connectivity index (χ0) is 20.0. The Kier molecular flexibility index (Phi) is 6.88. The van der Waals surface area contributed by atoms with Gasteiger partial charge < -0.3 is 10.1 Å². The van der Waals surface area contributed by atoms with E-state index in [0.29, 0.717) is 23.3 Å². The van der Waals surface area contributed by atoms with Gasteiger partial charge in [-0.1, -0.05) is 32.0 Å². The molecular formula is C22H25NO4. The first kappa shape index (κ1) is 20.4. The Morgan fingerprint density at radius 1 is 1.00 bits per heavy atom. The number of ether oxygens (including phenoxy) is 1. The van der Waals surface area contributed by atoms with Crippen molar-refractivity contribution in [3.63, 3.8) is 0 Å². The van der Waals surface area contributed by atoms with Crippen LogP contribution in [0.2, 0.25) is 0 Å². The molecule has 1 amide bonds. The second kappa shape index (κ2) is 9.12. The topological polar surface area (TPSA) is 72.5 Å². The maximum atomic E-state index is 12.6. The SMILES string of the molecule is CC(=O)c1ccc(OC(=O)[C@H](CC(C)C)NC(=O)c2ccccc2C)cc1. The summed E-state index contributed by atoms with van der Waals surface area (Å²) in [5.74, 6) is -0.358. The molecule has 0 saturated heterocycles. The smallest absolute Gasteiger partial charge is 0.334 e. The molecule has 0 fully saturated rings. The van der Waals surface area contributed by atoms with Crippen molar-refractivity contribution in [2.75, 3.05) is 0 Å². The first-order valence-corrected chi connectivity index (χ1v) is 8.97. The average molecular weight is 367 g/mol.